The summed E-state index contributed by atoms with van der Waals surface area (Å²) in [5.41, 5.74) is -0.542. The lowest BCUT2D eigenvalue weighted by atomic mass is 9.61. The van der Waals surface area contributed by atoms with Crippen LogP contribution in [0, 0.1) is 10.8 Å². The van der Waals surface area contributed by atoms with Crippen LogP contribution in [0.4, 0.5) is 0 Å². The highest BCUT2D eigenvalue weighted by molar-refractivity contribution is 6.08. The summed E-state index contributed by atoms with van der Waals surface area (Å²) in [5.74, 6) is -0.257. The van der Waals surface area contributed by atoms with Crippen molar-refractivity contribution in [1.29, 1.82) is 0 Å². The van der Waals surface area contributed by atoms with Crippen molar-refractivity contribution in [2.75, 3.05) is 0 Å². The number of cyclic esters (lactones) is 1. The normalized spacial score (nSPS) is 26.4. The van der Waals surface area contributed by atoms with Crippen LogP contribution in [0.1, 0.15) is 51.5 Å². The maximum atomic E-state index is 13.1. The molecule has 3 rings (SSSR count). The fourth-order valence-corrected chi connectivity index (χ4v) is 3.84. The van der Waals surface area contributed by atoms with Gasteiger partial charge in [0.05, 0.1) is 5.41 Å². The summed E-state index contributed by atoms with van der Waals surface area (Å²) in [4.78, 5) is 25.7. The van der Waals surface area contributed by atoms with E-state index in [0.717, 1.165) is 24.8 Å². The summed E-state index contributed by atoms with van der Waals surface area (Å²) in [6.45, 7) is 3.80. The van der Waals surface area contributed by atoms with Gasteiger partial charge in [0.15, 0.2) is 5.78 Å². The molecule has 1 heterocycles. The largest absolute Gasteiger partial charge is 0.456 e. The van der Waals surface area contributed by atoms with Gasteiger partial charge >= 0.3 is 5.97 Å². The topological polar surface area (TPSA) is 43.4 Å². The third-order valence-electron chi connectivity index (χ3n) is 5.33. The molecule has 1 saturated carbocycles. The molecule has 1 atom stereocenters. The number of carbonyl (C=O) groups is 2. The van der Waals surface area contributed by atoms with Gasteiger partial charge in [0.2, 0.25) is 0 Å². The van der Waals surface area contributed by atoms with E-state index in [0.29, 0.717) is 12.8 Å². The average molecular weight is 312 g/mol. The van der Waals surface area contributed by atoms with E-state index in [1.54, 1.807) is 0 Å². The molecule has 1 aromatic carbocycles. The van der Waals surface area contributed by atoms with Crippen molar-refractivity contribution in [3.8, 4) is 0 Å². The molecule has 0 aromatic heterocycles. The van der Waals surface area contributed by atoms with Gasteiger partial charge in [-0.3, -0.25) is 9.59 Å². The highest BCUT2D eigenvalue weighted by atomic mass is 16.5. The van der Waals surface area contributed by atoms with Crippen LogP contribution in [0.3, 0.4) is 0 Å². The Labute approximate surface area is 137 Å². The first-order valence-corrected chi connectivity index (χ1v) is 8.46. The van der Waals surface area contributed by atoms with Gasteiger partial charge in [-0.15, -0.1) is 0 Å². The van der Waals surface area contributed by atoms with Gasteiger partial charge in [-0.2, -0.15) is 0 Å². The van der Waals surface area contributed by atoms with Crippen molar-refractivity contribution in [3.05, 3.63) is 42.0 Å². The van der Waals surface area contributed by atoms with Crippen LogP contribution in [0.25, 0.3) is 6.08 Å². The van der Waals surface area contributed by atoms with E-state index in [9.17, 15) is 9.59 Å². The molecule has 23 heavy (non-hydrogen) atoms. The second-order valence-corrected chi connectivity index (χ2v) is 7.29. The Morgan fingerprint density at radius 1 is 1.04 bits per heavy atom. The molecule has 122 valence electrons. The van der Waals surface area contributed by atoms with Gasteiger partial charge < -0.3 is 4.74 Å². The third-order valence-corrected chi connectivity index (χ3v) is 5.33. The van der Waals surface area contributed by atoms with E-state index < -0.39 is 16.9 Å². The van der Waals surface area contributed by atoms with Gasteiger partial charge in [-0.25, -0.2) is 0 Å². The Morgan fingerprint density at radius 3 is 2.35 bits per heavy atom. The molecule has 2 aliphatic rings. The number of carbonyl (C=O) groups excluding carboxylic acids is 2. The smallest absolute Gasteiger partial charge is 0.320 e. The zero-order valence-electron chi connectivity index (χ0n) is 13.9. The minimum absolute atomic E-state index is 0.0589. The summed E-state index contributed by atoms with van der Waals surface area (Å²) in [7, 11) is 0. The van der Waals surface area contributed by atoms with Gasteiger partial charge in [0.1, 0.15) is 11.5 Å². The molecule has 2 fully saturated rings. The Morgan fingerprint density at radius 2 is 1.70 bits per heavy atom. The zero-order valence-corrected chi connectivity index (χ0v) is 13.9. The SMILES string of the molecule is CC1(C)C(=O)C2(CCCCC2)C(=O)O[C@@H]1/C=C/c1ccccc1. The Hall–Kier alpha value is -1.90. The molecule has 0 N–H and O–H groups in total. The fraction of sp³-hybridized carbons (Fsp3) is 0.500. The maximum absolute atomic E-state index is 13.1. The molecule has 3 heteroatoms. The average Bonchev–Trinajstić information content (AvgIpc) is 2.58. The van der Waals surface area contributed by atoms with Crippen LogP contribution < -0.4 is 0 Å². The van der Waals surface area contributed by atoms with E-state index in [-0.39, 0.29) is 11.8 Å². The van der Waals surface area contributed by atoms with Crippen molar-refractivity contribution in [2.45, 2.75) is 52.1 Å². The first kappa shape index (κ1) is 16.0. The van der Waals surface area contributed by atoms with Crippen LogP contribution in [0.2, 0.25) is 0 Å². The minimum Gasteiger partial charge on any atom is -0.456 e. The van der Waals surface area contributed by atoms with Gasteiger partial charge in [0.25, 0.3) is 0 Å². The number of Topliss-reactive ketones (excluding diaryl/α,β-unsaturated/α-hetero) is 1. The monoisotopic (exact) mass is 312 g/mol. The molecule has 1 aliphatic heterocycles. The standard InChI is InChI=1S/C20H24O3/c1-19(2)16(12-11-15-9-5-3-6-10-15)23-18(22)20(17(19)21)13-7-4-8-14-20/h3,5-6,9-12,16H,4,7-8,13-14H2,1-2H3/b12-11+/t16-/m1/s1. The molecule has 1 aliphatic carbocycles. The Bertz CT molecular complexity index is 622. The van der Waals surface area contributed by atoms with E-state index in [1.807, 2.05) is 56.3 Å². The number of benzene rings is 1. The first-order valence-electron chi connectivity index (χ1n) is 8.46. The zero-order chi connectivity index (χ0) is 16.5. The quantitative estimate of drug-likeness (QED) is 0.608. The molecule has 0 unspecified atom stereocenters. The van der Waals surface area contributed by atoms with Crippen molar-refractivity contribution in [2.24, 2.45) is 10.8 Å². The predicted molar refractivity (Wildman–Crippen MR) is 89.7 cm³/mol. The van der Waals surface area contributed by atoms with Crippen LogP contribution in [0.5, 0.6) is 0 Å². The lowest BCUT2D eigenvalue weighted by Crippen LogP contribution is -2.58. The molecular weight excluding hydrogens is 288 g/mol. The maximum Gasteiger partial charge on any atom is 0.320 e. The summed E-state index contributed by atoms with van der Waals surface area (Å²) < 4.78 is 5.74. The molecule has 0 bridgehead atoms. The van der Waals surface area contributed by atoms with E-state index in [2.05, 4.69) is 0 Å². The van der Waals surface area contributed by atoms with Crippen LogP contribution >= 0.6 is 0 Å². The van der Waals surface area contributed by atoms with Crippen LogP contribution in [-0.2, 0) is 14.3 Å². The van der Waals surface area contributed by atoms with Gasteiger partial charge in [-0.1, -0.05) is 55.7 Å². The number of ketones is 1. The summed E-state index contributed by atoms with van der Waals surface area (Å²) in [6, 6.07) is 9.84. The van der Waals surface area contributed by atoms with Crippen molar-refractivity contribution in [1.82, 2.24) is 0 Å². The fourth-order valence-electron chi connectivity index (χ4n) is 3.84. The Kier molecular flexibility index (Phi) is 4.13. The molecular formula is C20H24O3. The highest BCUT2D eigenvalue weighted by Gasteiger charge is 2.59. The summed E-state index contributed by atoms with van der Waals surface area (Å²) in [5, 5.41) is 0. The van der Waals surface area contributed by atoms with Crippen molar-refractivity contribution < 1.29 is 14.3 Å². The van der Waals surface area contributed by atoms with Gasteiger partial charge in [0, 0.05) is 0 Å². The van der Waals surface area contributed by atoms with Crippen LogP contribution in [-0.4, -0.2) is 17.9 Å². The lowest BCUT2D eigenvalue weighted by molar-refractivity contribution is -0.186. The number of hydrogen-bond acceptors (Lipinski definition) is 3. The molecule has 0 radical (unpaired) electrons. The lowest BCUT2D eigenvalue weighted by Gasteiger charge is -2.46. The predicted octanol–water partition coefficient (Wildman–Crippen LogP) is 4.17. The summed E-state index contributed by atoms with van der Waals surface area (Å²) in [6.07, 6.45) is 7.51. The number of hydrogen-bond donors (Lipinski definition) is 0. The van der Waals surface area contributed by atoms with E-state index >= 15 is 0 Å². The third kappa shape index (κ3) is 2.73. The molecule has 1 aromatic rings. The molecule has 3 nitrogen and oxygen atoms in total. The second-order valence-electron chi connectivity index (χ2n) is 7.29. The number of rotatable bonds is 2. The molecule has 1 saturated heterocycles. The Balaban J connectivity index is 1.86. The van der Waals surface area contributed by atoms with Gasteiger partial charge in [-0.05, 0) is 38.3 Å². The molecule has 1 spiro atoms. The van der Waals surface area contributed by atoms with E-state index in [4.69, 9.17) is 4.74 Å². The van der Waals surface area contributed by atoms with Crippen LogP contribution in [0.15, 0.2) is 36.4 Å². The van der Waals surface area contributed by atoms with E-state index in [1.165, 1.54) is 0 Å². The number of esters is 1. The minimum atomic E-state index is -0.890. The number of ether oxygens (including phenoxy) is 1. The van der Waals surface area contributed by atoms with Crippen molar-refractivity contribution >= 4 is 17.8 Å². The highest BCUT2D eigenvalue weighted by Crippen LogP contribution is 2.48. The first-order chi connectivity index (χ1) is 11.0. The second kappa shape index (κ2) is 5.95. The summed E-state index contributed by atoms with van der Waals surface area (Å²) >= 11 is 0. The van der Waals surface area contributed by atoms with Crippen molar-refractivity contribution in [3.63, 3.8) is 0 Å². The molecule has 0 amide bonds.